The van der Waals surface area contributed by atoms with Crippen LogP contribution in [0.5, 0.6) is 0 Å². The Balaban J connectivity index is 3.02. The Morgan fingerprint density at radius 3 is 1.70 bits per heavy atom. The Kier molecular flexibility index (Phi) is 5.18. The van der Waals surface area contributed by atoms with Crippen LogP contribution in [-0.2, 0) is 24.3 Å². The first kappa shape index (κ1) is 17.4. The molecule has 1 atom stereocenters. The van der Waals surface area contributed by atoms with Gasteiger partial charge in [0.1, 0.15) is 5.92 Å². The monoisotopic (exact) mass is 290 g/mol. The molecule has 1 rings (SSSR count). The van der Waals surface area contributed by atoms with Crippen LogP contribution in [0.3, 0.4) is 0 Å². The number of carbonyl (C=O) groups is 1. The molecule has 20 heavy (non-hydrogen) atoms. The number of hydrogen-bond donors (Lipinski definition) is 1. The lowest BCUT2D eigenvalue weighted by Crippen LogP contribution is -2.46. The van der Waals surface area contributed by atoms with E-state index in [0.29, 0.717) is 19.3 Å². The summed E-state index contributed by atoms with van der Waals surface area (Å²) >= 11 is 0. The van der Waals surface area contributed by atoms with Crippen molar-refractivity contribution in [1.29, 1.82) is 0 Å². The first-order chi connectivity index (χ1) is 9.01. The first-order valence-corrected chi connectivity index (χ1v) is 6.98. The highest BCUT2D eigenvalue weighted by Gasteiger charge is 2.47. The van der Waals surface area contributed by atoms with Gasteiger partial charge < -0.3 is 5.11 Å². The Bertz CT molecular complexity index is 330. The van der Waals surface area contributed by atoms with Crippen LogP contribution < -0.4 is 0 Å². The maximum atomic E-state index is 11.4. The number of aliphatic carboxylic acids is 1. The van der Waals surface area contributed by atoms with Gasteiger partial charge in [-0.05, 0) is 53.9 Å². The Morgan fingerprint density at radius 1 is 1.00 bits per heavy atom. The summed E-state index contributed by atoms with van der Waals surface area (Å²) in [5.41, 5.74) is -1.10. The van der Waals surface area contributed by atoms with Gasteiger partial charge in [-0.15, -0.1) is 0 Å². The SMILES string of the molecule is CCC(C(=O)O)C1(C)OOC(C)(C)CCC(C)(C)OO1. The molecule has 6 heteroatoms. The van der Waals surface area contributed by atoms with E-state index < -0.39 is 28.9 Å². The quantitative estimate of drug-likeness (QED) is 0.805. The van der Waals surface area contributed by atoms with Crippen LogP contribution in [0.1, 0.15) is 60.8 Å². The Morgan fingerprint density at radius 2 is 1.40 bits per heavy atom. The van der Waals surface area contributed by atoms with E-state index in [0.717, 1.165) is 0 Å². The molecule has 0 aliphatic carbocycles. The highest BCUT2D eigenvalue weighted by Crippen LogP contribution is 2.35. The molecule has 1 unspecified atom stereocenters. The number of carboxylic acids is 1. The maximum absolute atomic E-state index is 11.4. The zero-order valence-corrected chi connectivity index (χ0v) is 13.2. The summed E-state index contributed by atoms with van der Waals surface area (Å²) in [6.07, 6.45) is 1.73. The summed E-state index contributed by atoms with van der Waals surface area (Å²) < 4.78 is 0. The average molecular weight is 290 g/mol. The minimum Gasteiger partial charge on any atom is -0.481 e. The highest BCUT2D eigenvalue weighted by molar-refractivity contribution is 5.71. The van der Waals surface area contributed by atoms with Crippen LogP contribution in [0.15, 0.2) is 0 Å². The average Bonchev–Trinajstić information content (AvgIpc) is 2.36. The van der Waals surface area contributed by atoms with E-state index in [1.807, 2.05) is 27.7 Å². The number of rotatable bonds is 3. The summed E-state index contributed by atoms with van der Waals surface area (Å²) in [5, 5.41) is 9.31. The fraction of sp³-hybridized carbons (Fsp3) is 0.929. The van der Waals surface area contributed by atoms with E-state index >= 15 is 0 Å². The summed E-state index contributed by atoms with van der Waals surface area (Å²) in [4.78, 5) is 32.9. The van der Waals surface area contributed by atoms with Crippen LogP contribution in [0, 0.1) is 5.92 Å². The molecule has 0 aromatic carbocycles. The zero-order valence-electron chi connectivity index (χ0n) is 13.2. The van der Waals surface area contributed by atoms with E-state index in [-0.39, 0.29) is 0 Å². The predicted molar refractivity (Wildman–Crippen MR) is 71.6 cm³/mol. The third kappa shape index (κ3) is 4.41. The summed E-state index contributed by atoms with van der Waals surface area (Å²) in [7, 11) is 0. The topological polar surface area (TPSA) is 74.2 Å². The molecule has 6 nitrogen and oxygen atoms in total. The molecule has 0 amide bonds. The molecule has 0 aromatic heterocycles. The van der Waals surface area contributed by atoms with Crippen molar-refractivity contribution in [3.63, 3.8) is 0 Å². The molecule has 118 valence electrons. The van der Waals surface area contributed by atoms with Crippen molar-refractivity contribution in [2.24, 2.45) is 5.92 Å². The van der Waals surface area contributed by atoms with Gasteiger partial charge in [0.2, 0.25) is 5.79 Å². The van der Waals surface area contributed by atoms with Gasteiger partial charge in [0.25, 0.3) is 0 Å². The van der Waals surface area contributed by atoms with Crippen molar-refractivity contribution in [3.8, 4) is 0 Å². The molecule has 0 saturated carbocycles. The van der Waals surface area contributed by atoms with Crippen molar-refractivity contribution in [2.45, 2.75) is 77.8 Å². The van der Waals surface area contributed by atoms with E-state index in [9.17, 15) is 9.90 Å². The molecule has 0 aromatic rings. The summed E-state index contributed by atoms with van der Waals surface area (Å²) in [5.74, 6) is -3.41. The lowest BCUT2D eigenvalue weighted by atomic mass is 9.94. The van der Waals surface area contributed by atoms with E-state index in [4.69, 9.17) is 19.6 Å². The second-order valence-corrected chi connectivity index (χ2v) is 6.67. The summed E-state index contributed by atoms with van der Waals surface area (Å²) in [6.45, 7) is 10.8. The van der Waals surface area contributed by atoms with E-state index in [1.54, 1.807) is 6.92 Å². The van der Waals surface area contributed by atoms with Crippen LogP contribution in [0.2, 0.25) is 0 Å². The molecular weight excluding hydrogens is 264 g/mol. The smallest absolute Gasteiger partial charge is 0.312 e. The van der Waals surface area contributed by atoms with Gasteiger partial charge >= 0.3 is 5.97 Å². The minimum atomic E-state index is -1.50. The van der Waals surface area contributed by atoms with Gasteiger partial charge in [0.15, 0.2) is 0 Å². The second-order valence-electron chi connectivity index (χ2n) is 6.67. The zero-order chi connectivity index (χ0) is 15.6. The van der Waals surface area contributed by atoms with Crippen LogP contribution >= 0.6 is 0 Å². The van der Waals surface area contributed by atoms with Crippen molar-refractivity contribution in [2.75, 3.05) is 0 Å². The molecule has 1 heterocycles. The molecule has 0 spiro atoms. The molecule has 0 bridgehead atoms. The normalized spacial score (nSPS) is 26.9. The highest BCUT2D eigenvalue weighted by atomic mass is 17.3. The Hall–Kier alpha value is -0.690. The van der Waals surface area contributed by atoms with Crippen LogP contribution in [0.4, 0.5) is 0 Å². The van der Waals surface area contributed by atoms with Crippen LogP contribution in [-0.4, -0.2) is 28.1 Å². The van der Waals surface area contributed by atoms with Crippen molar-refractivity contribution in [1.82, 2.24) is 0 Å². The van der Waals surface area contributed by atoms with Gasteiger partial charge in [-0.1, -0.05) is 6.92 Å². The molecular formula is C14H26O6. The molecule has 1 fully saturated rings. The van der Waals surface area contributed by atoms with Crippen LogP contribution in [0.25, 0.3) is 0 Å². The lowest BCUT2D eigenvalue weighted by Gasteiger charge is -2.34. The van der Waals surface area contributed by atoms with E-state index in [2.05, 4.69) is 0 Å². The van der Waals surface area contributed by atoms with Crippen molar-refractivity contribution < 1.29 is 29.5 Å². The fourth-order valence-corrected chi connectivity index (χ4v) is 1.98. The lowest BCUT2D eigenvalue weighted by molar-refractivity contribution is -0.540. The second kappa shape index (κ2) is 5.97. The molecule has 1 aliphatic heterocycles. The van der Waals surface area contributed by atoms with Crippen molar-refractivity contribution in [3.05, 3.63) is 0 Å². The van der Waals surface area contributed by atoms with Gasteiger partial charge in [-0.2, -0.15) is 9.78 Å². The van der Waals surface area contributed by atoms with Gasteiger partial charge in [0, 0.05) is 0 Å². The molecule has 1 saturated heterocycles. The van der Waals surface area contributed by atoms with E-state index in [1.165, 1.54) is 6.92 Å². The third-order valence-corrected chi connectivity index (χ3v) is 3.53. The third-order valence-electron chi connectivity index (χ3n) is 3.53. The van der Waals surface area contributed by atoms with Gasteiger partial charge in [0.05, 0.1) is 11.2 Å². The fourth-order valence-electron chi connectivity index (χ4n) is 1.98. The minimum absolute atomic E-state index is 0.333. The Labute approximate surface area is 120 Å². The first-order valence-electron chi connectivity index (χ1n) is 6.98. The number of carboxylic acid groups (broad SMARTS) is 1. The predicted octanol–water partition coefficient (Wildman–Crippen LogP) is 3.06. The number of hydrogen-bond acceptors (Lipinski definition) is 5. The van der Waals surface area contributed by atoms with Gasteiger partial charge in [-0.3, -0.25) is 4.79 Å². The summed E-state index contributed by atoms with van der Waals surface area (Å²) in [6, 6.07) is 0. The van der Waals surface area contributed by atoms with Crippen molar-refractivity contribution >= 4 is 5.97 Å². The molecule has 1 aliphatic rings. The largest absolute Gasteiger partial charge is 0.481 e. The van der Waals surface area contributed by atoms with Gasteiger partial charge in [-0.25, -0.2) is 9.78 Å². The molecule has 0 radical (unpaired) electrons. The molecule has 1 N–H and O–H groups in total. The maximum Gasteiger partial charge on any atom is 0.312 e. The standard InChI is InChI=1S/C14H26O6/c1-7-10(11(15)16)14(6)19-17-12(2,3)8-9-13(4,5)18-20-14/h10H,7-9H2,1-6H3,(H,15,16).